The molecule has 1 saturated heterocycles. The number of benzene rings is 2. The van der Waals surface area contributed by atoms with Crippen LogP contribution >= 0.6 is 0 Å². The van der Waals surface area contributed by atoms with E-state index in [1.165, 1.54) is 49.7 Å². The van der Waals surface area contributed by atoms with Crippen molar-refractivity contribution in [3.05, 3.63) is 65.2 Å². The van der Waals surface area contributed by atoms with Crippen molar-refractivity contribution < 1.29 is 8.42 Å². The van der Waals surface area contributed by atoms with Crippen molar-refractivity contribution in [3.63, 3.8) is 0 Å². The summed E-state index contributed by atoms with van der Waals surface area (Å²) in [5.74, 6) is 0.755. The van der Waals surface area contributed by atoms with Crippen LogP contribution in [-0.2, 0) is 29.3 Å². The zero-order chi connectivity index (χ0) is 22.1. The number of rotatable bonds is 8. The summed E-state index contributed by atoms with van der Waals surface area (Å²) in [6.07, 6.45) is 6.02. The van der Waals surface area contributed by atoms with Crippen LogP contribution in [0.1, 0.15) is 36.0 Å². The quantitative estimate of drug-likeness (QED) is 0.486. The second kappa shape index (κ2) is 11.3. The third kappa shape index (κ3) is 7.67. The Hall–Kier alpha value is -2.38. The lowest BCUT2D eigenvalue weighted by atomic mass is 10.1. The minimum atomic E-state index is -3.15. The predicted octanol–water partition coefficient (Wildman–Crippen LogP) is 2.98. The average molecular weight is 443 g/mol. The first kappa shape index (κ1) is 23.3. The molecule has 0 amide bonds. The number of aliphatic imine (C=N–C) groups is 1. The van der Waals surface area contributed by atoms with Crippen molar-refractivity contribution in [3.8, 4) is 0 Å². The SMILES string of the molecule is CN=C(NCCc1ccc(S(C)(=O)=O)cc1)NCc1ccc(CN2CCCCC2)cc1. The summed E-state index contributed by atoms with van der Waals surface area (Å²) in [5.41, 5.74) is 3.68. The van der Waals surface area contributed by atoms with E-state index in [2.05, 4.69) is 44.8 Å². The van der Waals surface area contributed by atoms with Crippen molar-refractivity contribution in [2.45, 2.75) is 43.7 Å². The van der Waals surface area contributed by atoms with Gasteiger partial charge in [0.05, 0.1) is 4.90 Å². The molecule has 0 unspecified atom stereocenters. The molecule has 1 heterocycles. The first-order chi connectivity index (χ1) is 14.9. The van der Waals surface area contributed by atoms with Gasteiger partial charge in [0.1, 0.15) is 0 Å². The largest absolute Gasteiger partial charge is 0.356 e. The molecule has 0 atom stereocenters. The van der Waals surface area contributed by atoms with Crippen LogP contribution in [0.5, 0.6) is 0 Å². The monoisotopic (exact) mass is 442 g/mol. The highest BCUT2D eigenvalue weighted by Gasteiger charge is 2.10. The van der Waals surface area contributed by atoms with Gasteiger partial charge in [-0.05, 0) is 61.2 Å². The number of piperidine rings is 1. The molecular formula is C24H34N4O2S. The topological polar surface area (TPSA) is 73.8 Å². The number of likely N-dealkylation sites (tertiary alicyclic amines) is 1. The summed E-state index contributed by atoms with van der Waals surface area (Å²) in [5, 5.41) is 6.66. The lowest BCUT2D eigenvalue weighted by Gasteiger charge is -2.26. The molecule has 1 aliphatic rings. The number of hydrogen-bond acceptors (Lipinski definition) is 4. The lowest BCUT2D eigenvalue weighted by molar-refractivity contribution is 0.221. The van der Waals surface area contributed by atoms with Crippen LogP contribution in [0.3, 0.4) is 0 Å². The molecule has 0 radical (unpaired) electrons. The fourth-order valence-electron chi connectivity index (χ4n) is 3.77. The van der Waals surface area contributed by atoms with E-state index in [1.54, 1.807) is 19.2 Å². The van der Waals surface area contributed by atoms with Gasteiger partial charge >= 0.3 is 0 Å². The molecule has 2 N–H and O–H groups in total. The first-order valence-corrected chi connectivity index (χ1v) is 12.9. The van der Waals surface area contributed by atoms with Gasteiger partial charge in [0.25, 0.3) is 0 Å². The molecule has 1 aliphatic heterocycles. The summed E-state index contributed by atoms with van der Waals surface area (Å²) < 4.78 is 23.1. The second-order valence-electron chi connectivity index (χ2n) is 8.17. The van der Waals surface area contributed by atoms with E-state index >= 15 is 0 Å². The number of nitrogens with zero attached hydrogens (tertiary/aromatic N) is 2. The molecule has 0 spiro atoms. The first-order valence-electron chi connectivity index (χ1n) is 11.0. The fourth-order valence-corrected chi connectivity index (χ4v) is 4.40. The highest BCUT2D eigenvalue weighted by atomic mass is 32.2. The van der Waals surface area contributed by atoms with Gasteiger partial charge in [0.2, 0.25) is 0 Å². The van der Waals surface area contributed by atoms with E-state index in [0.717, 1.165) is 24.5 Å². The van der Waals surface area contributed by atoms with Crippen molar-refractivity contribution in [1.82, 2.24) is 15.5 Å². The summed E-state index contributed by atoms with van der Waals surface area (Å²) >= 11 is 0. The maximum atomic E-state index is 11.5. The molecule has 1 fully saturated rings. The summed E-state index contributed by atoms with van der Waals surface area (Å²) in [6, 6.07) is 15.9. The van der Waals surface area contributed by atoms with Crippen LogP contribution < -0.4 is 10.6 Å². The minimum Gasteiger partial charge on any atom is -0.356 e. The van der Waals surface area contributed by atoms with Gasteiger partial charge in [0.15, 0.2) is 15.8 Å². The molecule has 2 aromatic rings. The van der Waals surface area contributed by atoms with E-state index in [4.69, 9.17) is 0 Å². The second-order valence-corrected chi connectivity index (χ2v) is 10.2. The maximum absolute atomic E-state index is 11.5. The molecular weight excluding hydrogens is 408 g/mol. The Bertz CT molecular complexity index is 948. The zero-order valence-corrected chi connectivity index (χ0v) is 19.4. The van der Waals surface area contributed by atoms with Crippen molar-refractivity contribution in [2.75, 3.05) is 32.9 Å². The van der Waals surface area contributed by atoms with E-state index in [9.17, 15) is 8.42 Å². The third-order valence-electron chi connectivity index (χ3n) is 5.62. The van der Waals surface area contributed by atoms with Crippen molar-refractivity contribution >= 4 is 15.8 Å². The maximum Gasteiger partial charge on any atom is 0.191 e. The predicted molar refractivity (Wildman–Crippen MR) is 127 cm³/mol. The van der Waals surface area contributed by atoms with Crippen LogP contribution in [0, 0.1) is 0 Å². The molecule has 168 valence electrons. The average Bonchev–Trinajstić information content (AvgIpc) is 2.77. The third-order valence-corrected chi connectivity index (χ3v) is 6.75. The standard InChI is InChI=1S/C24H34N4O2S/c1-25-24(26-15-14-20-10-12-23(13-11-20)31(2,29)30)27-18-21-6-8-22(9-7-21)19-28-16-4-3-5-17-28/h6-13H,3-5,14-19H2,1-2H3,(H2,25,26,27). The number of guanidine groups is 1. The number of sulfone groups is 1. The molecule has 0 aromatic heterocycles. The molecule has 7 heteroatoms. The minimum absolute atomic E-state index is 0.351. The van der Waals surface area contributed by atoms with E-state index in [-0.39, 0.29) is 0 Å². The van der Waals surface area contributed by atoms with Crippen LogP contribution in [0.2, 0.25) is 0 Å². The van der Waals surface area contributed by atoms with Crippen LogP contribution in [0.25, 0.3) is 0 Å². The van der Waals surface area contributed by atoms with Crippen LogP contribution in [0.4, 0.5) is 0 Å². The molecule has 2 aromatic carbocycles. The van der Waals surface area contributed by atoms with Gasteiger partial charge in [-0.25, -0.2) is 8.42 Å². The van der Waals surface area contributed by atoms with Crippen LogP contribution in [0.15, 0.2) is 58.4 Å². The van der Waals surface area contributed by atoms with Crippen molar-refractivity contribution in [1.29, 1.82) is 0 Å². The Kier molecular flexibility index (Phi) is 8.49. The van der Waals surface area contributed by atoms with Crippen molar-refractivity contribution in [2.24, 2.45) is 4.99 Å². The molecule has 0 aliphatic carbocycles. The molecule has 3 rings (SSSR count). The van der Waals surface area contributed by atoms with Gasteiger partial charge in [-0.1, -0.05) is 42.8 Å². The smallest absolute Gasteiger partial charge is 0.191 e. The fraction of sp³-hybridized carbons (Fsp3) is 0.458. The van der Waals surface area contributed by atoms with E-state index in [1.807, 2.05) is 12.1 Å². The molecule has 6 nitrogen and oxygen atoms in total. The Morgan fingerprint density at radius 3 is 2.13 bits per heavy atom. The summed E-state index contributed by atoms with van der Waals surface area (Å²) in [7, 11) is -1.39. The Morgan fingerprint density at radius 1 is 0.903 bits per heavy atom. The number of nitrogens with one attached hydrogen (secondary N) is 2. The van der Waals surface area contributed by atoms with Crippen LogP contribution in [-0.4, -0.2) is 52.2 Å². The Labute approximate surface area is 186 Å². The van der Waals surface area contributed by atoms with Gasteiger partial charge in [-0.2, -0.15) is 0 Å². The Morgan fingerprint density at radius 2 is 1.52 bits per heavy atom. The summed E-state index contributed by atoms with van der Waals surface area (Å²) in [4.78, 5) is 7.17. The zero-order valence-electron chi connectivity index (χ0n) is 18.6. The van der Waals surface area contributed by atoms with Gasteiger partial charge in [0, 0.05) is 32.9 Å². The molecule has 0 bridgehead atoms. The lowest BCUT2D eigenvalue weighted by Crippen LogP contribution is -2.37. The summed E-state index contributed by atoms with van der Waals surface area (Å²) in [6.45, 7) is 4.90. The Balaban J connectivity index is 1.40. The van der Waals surface area contributed by atoms with Gasteiger partial charge in [-0.15, -0.1) is 0 Å². The normalized spacial score (nSPS) is 15.6. The number of hydrogen-bond donors (Lipinski definition) is 2. The van der Waals surface area contributed by atoms with Gasteiger partial charge in [-0.3, -0.25) is 9.89 Å². The molecule has 31 heavy (non-hydrogen) atoms. The van der Waals surface area contributed by atoms with E-state index < -0.39 is 9.84 Å². The highest BCUT2D eigenvalue weighted by Crippen LogP contribution is 2.14. The highest BCUT2D eigenvalue weighted by molar-refractivity contribution is 7.90. The van der Waals surface area contributed by atoms with Gasteiger partial charge < -0.3 is 10.6 Å². The van der Waals surface area contributed by atoms with E-state index in [0.29, 0.717) is 18.0 Å². The molecule has 0 saturated carbocycles.